The molecule has 6 heteroatoms. The Hall–Kier alpha value is -2.60. The maximum Gasteiger partial charge on any atom is 0.336 e. The zero-order valence-corrected chi connectivity index (χ0v) is 16.8. The number of hydrogen-bond acceptors (Lipinski definition) is 6. The number of allylic oxidation sites excluding steroid dienone is 3. The molecule has 1 heterocycles. The van der Waals surface area contributed by atoms with Crippen molar-refractivity contribution in [2.75, 3.05) is 20.3 Å². The van der Waals surface area contributed by atoms with Gasteiger partial charge in [-0.3, -0.25) is 4.79 Å². The third-order valence-corrected chi connectivity index (χ3v) is 5.18. The quantitative estimate of drug-likeness (QED) is 0.598. The molecule has 2 aliphatic rings. The van der Waals surface area contributed by atoms with Crippen LogP contribution in [0.15, 0.2) is 46.8 Å². The molecule has 150 valence electrons. The fourth-order valence-corrected chi connectivity index (χ4v) is 4.04. The van der Waals surface area contributed by atoms with Crippen LogP contribution in [0.5, 0.6) is 5.75 Å². The van der Waals surface area contributed by atoms with Crippen LogP contribution in [0.2, 0.25) is 0 Å². The lowest BCUT2D eigenvalue weighted by atomic mass is 9.68. The van der Waals surface area contributed by atoms with E-state index in [-0.39, 0.29) is 23.6 Å². The van der Waals surface area contributed by atoms with E-state index in [4.69, 9.17) is 9.47 Å². The first-order chi connectivity index (χ1) is 13.2. The minimum atomic E-state index is -0.568. The van der Waals surface area contributed by atoms with Gasteiger partial charge in [0.05, 0.1) is 12.2 Å². The minimum absolute atomic E-state index is 0.0155. The van der Waals surface area contributed by atoms with Crippen LogP contribution in [0.3, 0.4) is 0 Å². The van der Waals surface area contributed by atoms with E-state index < -0.39 is 11.9 Å². The van der Waals surface area contributed by atoms with Gasteiger partial charge in [0.25, 0.3) is 0 Å². The standard InChI is InChI=1S/C22H27NO5/c1-13-18(21(26)28-9-8-27-4)19(14-6-5-7-15(24)10-14)20-16(23-13)11-22(2,3)12-17(20)25/h5-7,10,19,23-24H,8-9,11-12H2,1-4H3/t19-/m0/s1. The molecule has 6 nitrogen and oxygen atoms in total. The first-order valence-electron chi connectivity index (χ1n) is 9.42. The lowest BCUT2D eigenvalue weighted by Gasteiger charge is -2.39. The molecule has 0 radical (unpaired) electrons. The number of carbonyl (C=O) groups is 2. The van der Waals surface area contributed by atoms with Gasteiger partial charge < -0.3 is 19.9 Å². The number of hydrogen-bond donors (Lipinski definition) is 2. The third kappa shape index (κ3) is 3.97. The number of carbonyl (C=O) groups excluding carboxylic acids is 2. The second-order valence-electron chi connectivity index (χ2n) is 8.15. The van der Waals surface area contributed by atoms with E-state index in [2.05, 4.69) is 19.2 Å². The topological polar surface area (TPSA) is 84.9 Å². The molecule has 1 aromatic carbocycles. The van der Waals surface area contributed by atoms with E-state index in [0.29, 0.717) is 41.9 Å². The maximum atomic E-state index is 13.1. The van der Waals surface area contributed by atoms with Crippen LogP contribution in [-0.2, 0) is 19.1 Å². The summed E-state index contributed by atoms with van der Waals surface area (Å²) >= 11 is 0. The molecular formula is C22H27NO5. The molecule has 0 aromatic heterocycles. The SMILES string of the molecule is COCCOC(=O)C1=C(C)NC2=C(C(=O)CC(C)(C)C2)[C@H]1c1cccc(O)c1. The number of Topliss-reactive ketones (excluding diaryl/α,β-unsaturated/α-hetero) is 1. The molecule has 0 bridgehead atoms. The van der Waals surface area contributed by atoms with Crippen LogP contribution in [0.25, 0.3) is 0 Å². The molecule has 0 amide bonds. The van der Waals surface area contributed by atoms with Crippen molar-refractivity contribution in [2.24, 2.45) is 5.41 Å². The summed E-state index contributed by atoms with van der Waals surface area (Å²) in [4.78, 5) is 26.0. The monoisotopic (exact) mass is 385 g/mol. The van der Waals surface area contributed by atoms with E-state index in [1.54, 1.807) is 18.2 Å². The second kappa shape index (κ2) is 7.80. The Kier molecular flexibility index (Phi) is 5.61. The Morgan fingerprint density at radius 2 is 2.04 bits per heavy atom. The second-order valence-corrected chi connectivity index (χ2v) is 8.15. The molecule has 3 rings (SSSR count). The lowest BCUT2D eigenvalue weighted by Crippen LogP contribution is -2.38. The maximum absolute atomic E-state index is 13.1. The summed E-state index contributed by atoms with van der Waals surface area (Å²) in [5, 5.41) is 13.3. The number of rotatable bonds is 5. The smallest absolute Gasteiger partial charge is 0.336 e. The first-order valence-corrected chi connectivity index (χ1v) is 9.42. The van der Waals surface area contributed by atoms with E-state index in [1.165, 1.54) is 7.11 Å². The fourth-order valence-electron chi connectivity index (χ4n) is 4.04. The van der Waals surface area contributed by atoms with Gasteiger partial charge in [0.2, 0.25) is 0 Å². The van der Waals surface area contributed by atoms with Crippen LogP contribution < -0.4 is 5.32 Å². The summed E-state index contributed by atoms with van der Waals surface area (Å²) in [6.45, 7) is 6.37. The average Bonchev–Trinajstić information content (AvgIpc) is 2.59. The van der Waals surface area contributed by atoms with Crippen molar-refractivity contribution < 1.29 is 24.2 Å². The van der Waals surface area contributed by atoms with Crippen LogP contribution in [0.4, 0.5) is 0 Å². The van der Waals surface area contributed by atoms with E-state index >= 15 is 0 Å². The highest BCUT2D eigenvalue weighted by atomic mass is 16.6. The number of dihydropyridines is 1. The molecule has 2 N–H and O–H groups in total. The highest BCUT2D eigenvalue weighted by Crippen LogP contribution is 2.47. The van der Waals surface area contributed by atoms with Crippen molar-refractivity contribution in [1.82, 2.24) is 5.32 Å². The highest BCUT2D eigenvalue weighted by Gasteiger charge is 2.43. The molecule has 0 unspecified atom stereocenters. The van der Waals surface area contributed by atoms with E-state index in [1.807, 2.05) is 13.0 Å². The highest BCUT2D eigenvalue weighted by molar-refractivity contribution is 6.04. The molecule has 28 heavy (non-hydrogen) atoms. The van der Waals surface area contributed by atoms with Crippen molar-refractivity contribution in [3.63, 3.8) is 0 Å². The van der Waals surface area contributed by atoms with Gasteiger partial charge in [-0.1, -0.05) is 26.0 Å². The normalized spacial score (nSPS) is 21.3. The zero-order chi connectivity index (χ0) is 20.5. The third-order valence-electron chi connectivity index (χ3n) is 5.18. The van der Waals surface area contributed by atoms with Crippen molar-refractivity contribution in [2.45, 2.75) is 39.5 Å². The average molecular weight is 385 g/mol. The lowest BCUT2D eigenvalue weighted by molar-refractivity contribution is -0.140. The Balaban J connectivity index is 2.09. The van der Waals surface area contributed by atoms with Crippen molar-refractivity contribution in [3.8, 4) is 5.75 Å². The molecule has 1 aliphatic carbocycles. The van der Waals surface area contributed by atoms with Crippen molar-refractivity contribution >= 4 is 11.8 Å². The van der Waals surface area contributed by atoms with Gasteiger partial charge in [-0.25, -0.2) is 4.79 Å². The Labute approximate surface area is 165 Å². The summed E-state index contributed by atoms with van der Waals surface area (Å²) in [5.74, 6) is -0.949. The molecule has 0 spiro atoms. The van der Waals surface area contributed by atoms with Gasteiger partial charge in [-0.05, 0) is 36.5 Å². The van der Waals surface area contributed by atoms with Gasteiger partial charge in [-0.2, -0.15) is 0 Å². The summed E-state index contributed by atoms with van der Waals surface area (Å²) < 4.78 is 10.3. The predicted octanol–water partition coefficient (Wildman–Crippen LogP) is 3.19. The van der Waals surface area contributed by atoms with Gasteiger partial charge in [0.15, 0.2) is 5.78 Å². The summed E-state index contributed by atoms with van der Waals surface area (Å²) in [7, 11) is 1.54. The van der Waals surface area contributed by atoms with E-state index in [9.17, 15) is 14.7 Å². The number of nitrogens with one attached hydrogen (secondary N) is 1. The predicted molar refractivity (Wildman–Crippen MR) is 105 cm³/mol. The van der Waals surface area contributed by atoms with Gasteiger partial charge in [0.1, 0.15) is 12.4 Å². The number of phenols is 1. The minimum Gasteiger partial charge on any atom is -0.508 e. The van der Waals surface area contributed by atoms with Gasteiger partial charge in [-0.15, -0.1) is 0 Å². The van der Waals surface area contributed by atoms with Crippen LogP contribution in [0, 0.1) is 5.41 Å². The van der Waals surface area contributed by atoms with Crippen molar-refractivity contribution in [3.05, 3.63) is 52.4 Å². The number of aromatic hydroxyl groups is 1. The number of phenolic OH excluding ortho intramolecular Hbond substituents is 1. The van der Waals surface area contributed by atoms with Gasteiger partial charge >= 0.3 is 5.97 Å². The van der Waals surface area contributed by atoms with Crippen LogP contribution in [0.1, 0.15) is 45.1 Å². The molecule has 0 saturated carbocycles. The number of benzene rings is 1. The number of ether oxygens (including phenoxy) is 2. The number of methoxy groups -OCH3 is 1. The zero-order valence-electron chi connectivity index (χ0n) is 16.8. The fraction of sp³-hybridized carbons (Fsp3) is 0.455. The van der Waals surface area contributed by atoms with Crippen molar-refractivity contribution in [1.29, 1.82) is 0 Å². The summed E-state index contributed by atoms with van der Waals surface area (Å²) in [6, 6.07) is 6.71. The van der Waals surface area contributed by atoms with Crippen LogP contribution in [-0.4, -0.2) is 37.2 Å². The number of esters is 1. The molecule has 1 atom stereocenters. The summed E-state index contributed by atoms with van der Waals surface area (Å²) in [6.07, 6.45) is 1.13. The van der Waals surface area contributed by atoms with Crippen LogP contribution >= 0.6 is 0 Å². The Morgan fingerprint density at radius 1 is 1.29 bits per heavy atom. The number of ketones is 1. The largest absolute Gasteiger partial charge is 0.508 e. The van der Waals surface area contributed by atoms with Gasteiger partial charge in [0, 0.05) is 36.4 Å². The summed E-state index contributed by atoms with van der Waals surface area (Å²) in [5.41, 5.74) is 3.05. The molecule has 0 saturated heterocycles. The molecule has 1 aromatic rings. The first kappa shape index (κ1) is 20.1. The molecule has 0 fully saturated rings. The molecule has 1 aliphatic heterocycles. The Bertz CT molecular complexity index is 865. The van der Waals surface area contributed by atoms with E-state index in [0.717, 1.165) is 5.70 Å². The Morgan fingerprint density at radius 3 is 2.71 bits per heavy atom. The molecular weight excluding hydrogens is 358 g/mol.